The molecule has 0 aliphatic carbocycles. The molecular weight excluding hydrogens is 328 g/mol. The number of hydrogen-bond donors (Lipinski definition) is 0. The smallest absolute Gasteiger partial charge is 0.299 e. The minimum atomic E-state index is -2.72. The number of nitrogens with zero attached hydrogens (tertiary/aromatic N) is 5. The van der Waals surface area contributed by atoms with Crippen LogP contribution in [0.4, 0.5) is 14.6 Å². The summed E-state index contributed by atoms with van der Waals surface area (Å²) in [5.41, 5.74) is 2.41. The molecule has 2 aliphatic heterocycles. The van der Waals surface area contributed by atoms with Gasteiger partial charge < -0.3 is 9.64 Å². The van der Waals surface area contributed by atoms with Crippen molar-refractivity contribution in [2.45, 2.75) is 25.1 Å². The van der Waals surface area contributed by atoms with Crippen molar-refractivity contribution in [2.75, 3.05) is 18.0 Å². The van der Waals surface area contributed by atoms with E-state index in [0.717, 1.165) is 17.5 Å². The fraction of sp³-hybridized carbons (Fsp3) is 0.353. The van der Waals surface area contributed by atoms with E-state index >= 15 is 0 Å². The maximum atomic E-state index is 13.0. The first-order chi connectivity index (χ1) is 12.2. The van der Waals surface area contributed by atoms with Crippen LogP contribution in [0, 0.1) is 0 Å². The van der Waals surface area contributed by atoms with Gasteiger partial charge in [-0.15, -0.1) is 15.3 Å². The Morgan fingerprint density at radius 1 is 1.12 bits per heavy atom. The molecule has 1 aromatic carbocycles. The van der Waals surface area contributed by atoms with Crippen molar-refractivity contribution >= 4 is 11.5 Å². The van der Waals surface area contributed by atoms with Crippen LogP contribution < -0.4 is 4.90 Å². The number of hydrogen-bond acceptors (Lipinski definition) is 5. The standard InChI is InChI=1S/C17H15F2N5O/c18-15(19)16-21-20-13-5-6-14(22-24(13)16)23-8-7-17(10-23)12-4-2-1-3-11(12)9-25-17/h1-6,15H,7-10H2. The first-order valence-corrected chi connectivity index (χ1v) is 8.14. The Kier molecular flexibility index (Phi) is 3.05. The predicted octanol–water partition coefficient (Wildman–Crippen LogP) is 2.70. The van der Waals surface area contributed by atoms with Gasteiger partial charge in [-0.1, -0.05) is 24.3 Å². The van der Waals surface area contributed by atoms with Crippen LogP contribution in [-0.2, 0) is 16.9 Å². The van der Waals surface area contributed by atoms with E-state index in [0.29, 0.717) is 24.6 Å². The van der Waals surface area contributed by atoms with Crippen LogP contribution in [0.1, 0.15) is 29.8 Å². The zero-order chi connectivity index (χ0) is 17.0. The predicted molar refractivity (Wildman–Crippen MR) is 85.5 cm³/mol. The highest BCUT2D eigenvalue weighted by Crippen LogP contribution is 2.44. The molecule has 1 spiro atoms. The lowest BCUT2D eigenvalue weighted by molar-refractivity contribution is -0.0205. The van der Waals surface area contributed by atoms with Gasteiger partial charge in [-0.2, -0.15) is 4.52 Å². The van der Waals surface area contributed by atoms with Gasteiger partial charge in [0.2, 0.25) is 5.82 Å². The number of ether oxygens (including phenoxy) is 1. The van der Waals surface area contributed by atoms with Crippen molar-refractivity contribution in [3.8, 4) is 0 Å². The van der Waals surface area contributed by atoms with Gasteiger partial charge in [-0.25, -0.2) is 8.78 Å². The van der Waals surface area contributed by atoms with E-state index in [1.165, 1.54) is 11.1 Å². The largest absolute Gasteiger partial charge is 0.364 e. The summed E-state index contributed by atoms with van der Waals surface area (Å²) >= 11 is 0. The molecule has 8 heteroatoms. The fourth-order valence-corrected chi connectivity index (χ4v) is 3.80. The number of alkyl halides is 2. The summed E-state index contributed by atoms with van der Waals surface area (Å²) in [6.07, 6.45) is -1.87. The summed E-state index contributed by atoms with van der Waals surface area (Å²) in [5.74, 6) is 0.187. The highest BCUT2D eigenvalue weighted by atomic mass is 19.3. The van der Waals surface area contributed by atoms with Gasteiger partial charge in [0, 0.05) is 6.54 Å². The summed E-state index contributed by atoms with van der Waals surface area (Å²) in [5, 5.41) is 11.6. The number of rotatable bonds is 2. The Labute approximate surface area is 142 Å². The molecule has 1 fully saturated rings. The summed E-state index contributed by atoms with van der Waals surface area (Å²) in [6.45, 7) is 2.01. The maximum absolute atomic E-state index is 13.0. The normalized spacial score (nSPS) is 22.4. The molecule has 0 saturated carbocycles. The average molecular weight is 343 g/mol. The van der Waals surface area contributed by atoms with Crippen LogP contribution in [0.25, 0.3) is 5.65 Å². The molecule has 4 heterocycles. The summed E-state index contributed by atoms with van der Waals surface area (Å²) < 4.78 is 33.4. The molecule has 1 saturated heterocycles. The molecule has 25 heavy (non-hydrogen) atoms. The third kappa shape index (κ3) is 2.13. The van der Waals surface area contributed by atoms with E-state index < -0.39 is 12.2 Å². The van der Waals surface area contributed by atoms with Gasteiger partial charge >= 0.3 is 0 Å². The van der Waals surface area contributed by atoms with Crippen molar-refractivity contribution < 1.29 is 13.5 Å². The second kappa shape index (κ2) is 5.19. The molecule has 5 rings (SSSR count). The first kappa shape index (κ1) is 14.7. The molecule has 6 nitrogen and oxygen atoms in total. The van der Waals surface area contributed by atoms with E-state index in [1.807, 2.05) is 12.1 Å². The second-order valence-electron chi connectivity index (χ2n) is 6.43. The summed E-state index contributed by atoms with van der Waals surface area (Å²) in [6, 6.07) is 11.7. The van der Waals surface area contributed by atoms with E-state index in [2.05, 4.69) is 32.3 Å². The van der Waals surface area contributed by atoms with Gasteiger partial charge in [0.15, 0.2) is 5.65 Å². The van der Waals surface area contributed by atoms with Crippen LogP contribution in [0.5, 0.6) is 0 Å². The molecule has 0 radical (unpaired) electrons. The molecular formula is C17H15F2N5O. The number of benzene rings is 1. The van der Waals surface area contributed by atoms with Gasteiger partial charge in [-0.05, 0) is 29.7 Å². The van der Waals surface area contributed by atoms with Gasteiger partial charge in [0.05, 0.1) is 13.2 Å². The molecule has 0 bridgehead atoms. The fourth-order valence-electron chi connectivity index (χ4n) is 3.80. The number of halogens is 2. The molecule has 3 aromatic rings. The topological polar surface area (TPSA) is 55.5 Å². The van der Waals surface area contributed by atoms with Gasteiger partial charge in [0.25, 0.3) is 6.43 Å². The van der Waals surface area contributed by atoms with Crippen LogP contribution in [0.2, 0.25) is 0 Å². The zero-order valence-electron chi connectivity index (χ0n) is 13.3. The minimum Gasteiger partial charge on any atom is -0.364 e. The Hall–Kier alpha value is -2.61. The molecule has 1 unspecified atom stereocenters. The monoisotopic (exact) mass is 343 g/mol. The Bertz CT molecular complexity index is 959. The minimum absolute atomic E-state index is 0.315. The van der Waals surface area contributed by atoms with Crippen LogP contribution in [-0.4, -0.2) is 32.9 Å². The summed E-state index contributed by atoms with van der Waals surface area (Å²) in [7, 11) is 0. The number of anilines is 1. The van der Waals surface area contributed by atoms with Crippen LogP contribution in [0.3, 0.4) is 0 Å². The summed E-state index contributed by atoms with van der Waals surface area (Å²) in [4.78, 5) is 2.07. The number of aromatic nitrogens is 4. The zero-order valence-corrected chi connectivity index (χ0v) is 13.3. The van der Waals surface area contributed by atoms with Crippen molar-refractivity contribution in [1.82, 2.24) is 19.8 Å². The average Bonchev–Trinajstić information content (AvgIpc) is 3.33. The van der Waals surface area contributed by atoms with E-state index in [9.17, 15) is 8.78 Å². The molecule has 2 aliphatic rings. The highest BCUT2D eigenvalue weighted by Gasteiger charge is 2.45. The van der Waals surface area contributed by atoms with Gasteiger partial charge in [-0.3, -0.25) is 0 Å². The Morgan fingerprint density at radius 2 is 2.00 bits per heavy atom. The van der Waals surface area contributed by atoms with Crippen molar-refractivity contribution in [2.24, 2.45) is 0 Å². The third-order valence-corrected chi connectivity index (χ3v) is 5.04. The first-order valence-electron chi connectivity index (χ1n) is 8.14. The molecule has 1 atom stereocenters. The van der Waals surface area contributed by atoms with Crippen molar-refractivity contribution in [3.63, 3.8) is 0 Å². The number of fused-ring (bicyclic) bond motifs is 3. The molecule has 0 N–H and O–H groups in total. The van der Waals surface area contributed by atoms with Crippen LogP contribution >= 0.6 is 0 Å². The SMILES string of the molecule is FC(F)c1nnc2ccc(N3CCC4(C3)OCc3ccccc34)nn12. The molecule has 0 amide bonds. The lowest BCUT2D eigenvalue weighted by atomic mass is 9.92. The maximum Gasteiger partial charge on any atom is 0.299 e. The highest BCUT2D eigenvalue weighted by molar-refractivity contribution is 5.49. The Balaban J connectivity index is 1.50. The third-order valence-electron chi connectivity index (χ3n) is 5.04. The molecule has 2 aromatic heterocycles. The van der Waals surface area contributed by atoms with E-state index in [4.69, 9.17) is 4.74 Å². The van der Waals surface area contributed by atoms with Crippen molar-refractivity contribution in [3.05, 3.63) is 53.3 Å². The lowest BCUT2D eigenvalue weighted by Gasteiger charge is -2.25. The van der Waals surface area contributed by atoms with E-state index in [1.54, 1.807) is 12.1 Å². The Morgan fingerprint density at radius 3 is 2.88 bits per heavy atom. The van der Waals surface area contributed by atoms with E-state index in [-0.39, 0.29) is 5.60 Å². The molecule has 128 valence electrons. The van der Waals surface area contributed by atoms with Crippen molar-refractivity contribution in [1.29, 1.82) is 0 Å². The quantitative estimate of drug-likeness (QED) is 0.716. The lowest BCUT2D eigenvalue weighted by Crippen LogP contribution is -2.31. The second-order valence-corrected chi connectivity index (χ2v) is 6.43. The van der Waals surface area contributed by atoms with Crippen LogP contribution in [0.15, 0.2) is 36.4 Å². The van der Waals surface area contributed by atoms with Gasteiger partial charge in [0.1, 0.15) is 11.4 Å².